The lowest BCUT2D eigenvalue weighted by molar-refractivity contribution is 0.101. The van der Waals surface area contributed by atoms with Crippen LogP contribution >= 0.6 is 0 Å². The van der Waals surface area contributed by atoms with Crippen LogP contribution in [-0.4, -0.2) is 63.4 Å². The average Bonchev–Trinajstić information content (AvgIpc) is 3.21. The van der Waals surface area contributed by atoms with Gasteiger partial charge in [-0.3, -0.25) is 27.8 Å². The summed E-state index contributed by atoms with van der Waals surface area (Å²) in [4.78, 5) is 21.7. The Balaban J connectivity index is 1.98. The lowest BCUT2D eigenvalue weighted by atomic mass is 10.1. The van der Waals surface area contributed by atoms with Gasteiger partial charge < -0.3 is 5.32 Å². The highest BCUT2D eigenvalue weighted by Gasteiger charge is 2.40. The Kier molecular flexibility index (Phi) is 5.59. The molecular weight excluding hydrogens is 570 g/mol. The fraction of sp³-hybridized carbons (Fsp3) is 0.0588. The summed E-state index contributed by atoms with van der Waals surface area (Å²) < 4.78 is 131. The Hall–Kier alpha value is -3.04. The number of rotatable bonds is 4. The highest BCUT2D eigenvalue weighted by molar-refractivity contribution is 7.87. The molecule has 36 heavy (non-hydrogen) atoms. The van der Waals surface area contributed by atoms with Crippen LogP contribution in [0.1, 0.15) is 26.3 Å². The lowest BCUT2D eigenvalue weighted by Gasteiger charge is -2.08. The minimum atomic E-state index is -5.20. The Morgan fingerprint density at radius 2 is 1.08 bits per heavy atom. The molecule has 0 bridgehead atoms. The van der Waals surface area contributed by atoms with Crippen LogP contribution in [0.15, 0.2) is 55.1 Å². The predicted octanol–water partition coefficient (Wildman–Crippen LogP) is -0.0253. The number of ketones is 2. The van der Waals surface area contributed by atoms with E-state index < -0.39 is 112 Å². The number of anilines is 1. The van der Waals surface area contributed by atoms with Gasteiger partial charge in [0.15, 0.2) is 5.78 Å². The summed E-state index contributed by atoms with van der Waals surface area (Å²) in [6.45, 7) is 0. The van der Waals surface area contributed by atoms with E-state index in [0.717, 1.165) is 0 Å². The van der Waals surface area contributed by atoms with E-state index in [1.165, 1.54) is 0 Å². The maximum Gasteiger partial charge on any atom is 0.296 e. The maximum atomic E-state index is 13.0. The Morgan fingerprint density at radius 3 is 1.56 bits per heavy atom. The van der Waals surface area contributed by atoms with Crippen molar-refractivity contribution in [2.24, 2.45) is 0 Å². The second-order valence-corrected chi connectivity index (χ2v) is 13.1. The topological polar surface area (TPSA) is 264 Å². The first kappa shape index (κ1) is 26.0. The molecule has 1 heterocycles. The minimum absolute atomic E-state index is 0.345. The van der Waals surface area contributed by atoms with Gasteiger partial charge in [-0.1, -0.05) is 0 Å². The van der Waals surface area contributed by atoms with Crippen LogP contribution in [0.3, 0.4) is 0 Å². The molecule has 0 fully saturated rings. The number of Topliss-reactive ketones (excluding diaryl/α,β-unsaturated/α-hetero) is 2. The Labute approximate surface area is 202 Å². The Bertz CT molecular complexity index is 1760. The van der Waals surface area contributed by atoms with Crippen molar-refractivity contribution in [1.29, 1.82) is 0 Å². The van der Waals surface area contributed by atoms with E-state index in [4.69, 9.17) is 0 Å². The minimum Gasteiger partial charge on any atom is -0.350 e. The molecule has 0 saturated carbocycles. The molecular formula is C17H11NO14S4. The van der Waals surface area contributed by atoms with Crippen molar-refractivity contribution in [2.45, 2.75) is 26.0 Å². The molecule has 0 amide bonds. The van der Waals surface area contributed by atoms with Crippen molar-refractivity contribution < 1.29 is 61.5 Å². The van der Waals surface area contributed by atoms with Crippen molar-refractivity contribution in [3.63, 3.8) is 0 Å². The Morgan fingerprint density at radius 1 is 0.611 bits per heavy atom. The number of nitrogens with one attached hydrogen (secondary N) is 1. The van der Waals surface area contributed by atoms with Crippen molar-refractivity contribution in [3.8, 4) is 0 Å². The maximum absolute atomic E-state index is 13.0. The van der Waals surface area contributed by atoms with Gasteiger partial charge in [0.1, 0.15) is 4.90 Å². The second-order valence-electron chi connectivity index (χ2n) is 7.51. The van der Waals surface area contributed by atoms with Crippen molar-refractivity contribution in [2.75, 3.05) is 5.32 Å². The van der Waals surface area contributed by atoms with E-state index in [1.54, 1.807) is 0 Å². The van der Waals surface area contributed by atoms with Crippen molar-refractivity contribution >= 4 is 57.7 Å². The fourth-order valence-electron chi connectivity index (χ4n) is 3.79. The molecule has 4 rings (SSSR count). The van der Waals surface area contributed by atoms with E-state index >= 15 is 0 Å². The number of carbonyl (C=O) groups excluding carboxylic acids is 2. The van der Waals surface area contributed by atoms with Gasteiger partial charge in [0.2, 0.25) is 5.78 Å². The first-order chi connectivity index (χ1) is 16.2. The third kappa shape index (κ3) is 4.24. The fourth-order valence-corrected chi connectivity index (χ4v) is 6.47. The van der Waals surface area contributed by atoms with Gasteiger partial charge >= 0.3 is 0 Å². The molecule has 2 aromatic carbocycles. The van der Waals surface area contributed by atoms with Crippen LogP contribution in [0.25, 0.3) is 0 Å². The summed E-state index contributed by atoms with van der Waals surface area (Å²) in [6, 6.07) is 1.89. The van der Waals surface area contributed by atoms with Crippen LogP contribution in [0.5, 0.6) is 0 Å². The molecule has 0 atom stereocenters. The SMILES string of the molecule is O=C1/C(=C2\Nc3c(cc(S(=O)(=O)O)cc3S(=O)(=O)O)C2=O)Cc2c1cc(S(=O)(=O)O)cc2S(=O)(=O)O. The van der Waals surface area contributed by atoms with Gasteiger partial charge in [-0.25, -0.2) is 0 Å². The molecule has 0 aromatic heterocycles. The molecule has 0 radical (unpaired) electrons. The summed E-state index contributed by atoms with van der Waals surface area (Å²) in [6.07, 6.45) is -0.705. The van der Waals surface area contributed by atoms with E-state index in [-0.39, 0.29) is 0 Å². The van der Waals surface area contributed by atoms with Gasteiger partial charge in [-0.05, 0) is 29.8 Å². The standard InChI is InChI=1S/C17H11NO14S4/c19-16-9-1-6(33(21,22)23)3-12(35(27,28)29)8(9)5-11(16)15-17(20)10-2-7(34(24,25)26)4-13(14(10)18-15)36(30,31)32/h1-4,18H,5H2,(H,21,22,23)(H,24,25,26)(H,27,28,29)(H,30,31,32)/b15-11-. The molecule has 2 aromatic rings. The number of allylic oxidation sites excluding steroid dienone is 2. The second kappa shape index (κ2) is 7.73. The van der Waals surface area contributed by atoms with Gasteiger partial charge in [0.25, 0.3) is 40.5 Å². The van der Waals surface area contributed by atoms with Crippen LogP contribution in [0.4, 0.5) is 5.69 Å². The highest BCUT2D eigenvalue weighted by atomic mass is 32.2. The van der Waals surface area contributed by atoms with Gasteiger partial charge in [-0.2, -0.15) is 33.7 Å². The third-order valence-electron chi connectivity index (χ3n) is 5.31. The molecule has 5 N–H and O–H groups in total. The first-order valence-corrected chi connectivity index (χ1v) is 14.8. The molecule has 15 nitrogen and oxygen atoms in total. The predicted molar refractivity (Wildman–Crippen MR) is 115 cm³/mol. The van der Waals surface area contributed by atoms with E-state index in [2.05, 4.69) is 5.32 Å². The number of benzene rings is 2. The lowest BCUT2D eigenvalue weighted by Crippen LogP contribution is -2.10. The van der Waals surface area contributed by atoms with Gasteiger partial charge in [0.05, 0.1) is 31.6 Å². The van der Waals surface area contributed by atoms with Gasteiger partial charge in [0, 0.05) is 17.6 Å². The normalized spacial score (nSPS) is 18.2. The van der Waals surface area contributed by atoms with Crippen molar-refractivity contribution in [1.82, 2.24) is 0 Å². The van der Waals surface area contributed by atoms with E-state index in [9.17, 15) is 61.5 Å². The molecule has 2 aliphatic rings. The molecule has 0 saturated heterocycles. The average molecular weight is 582 g/mol. The summed E-state index contributed by atoms with van der Waals surface area (Å²) in [5.41, 5.74) is -3.65. The van der Waals surface area contributed by atoms with Crippen LogP contribution in [0.2, 0.25) is 0 Å². The van der Waals surface area contributed by atoms with Crippen molar-refractivity contribution in [3.05, 3.63) is 52.2 Å². The monoisotopic (exact) mass is 581 g/mol. The molecule has 0 unspecified atom stereocenters. The number of carbonyl (C=O) groups is 2. The zero-order valence-corrected chi connectivity index (χ0v) is 20.3. The zero-order valence-electron chi connectivity index (χ0n) is 17.0. The number of fused-ring (bicyclic) bond motifs is 2. The zero-order chi connectivity index (χ0) is 27.2. The molecule has 1 aliphatic carbocycles. The van der Waals surface area contributed by atoms with Gasteiger partial charge in [-0.15, -0.1) is 0 Å². The van der Waals surface area contributed by atoms with E-state index in [1.807, 2.05) is 0 Å². The summed E-state index contributed by atoms with van der Waals surface area (Å²) in [7, 11) is -20.5. The molecule has 0 spiro atoms. The smallest absolute Gasteiger partial charge is 0.296 e. The number of hydrogen-bond acceptors (Lipinski definition) is 11. The quantitative estimate of drug-likeness (QED) is 0.234. The third-order valence-corrected chi connectivity index (χ3v) is 8.77. The molecule has 19 heteroatoms. The molecule has 1 aliphatic heterocycles. The largest absolute Gasteiger partial charge is 0.350 e. The molecule has 192 valence electrons. The summed E-state index contributed by atoms with van der Waals surface area (Å²) >= 11 is 0. The first-order valence-electron chi connectivity index (χ1n) is 9.05. The van der Waals surface area contributed by atoms with Crippen LogP contribution in [0, 0.1) is 0 Å². The van der Waals surface area contributed by atoms with Crippen LogP contribution in [-0.2, 0) is 46.9 Å². The van der Waals surface area contributed by atoms with E-state index in [0.29, 0.717) is 24.3 Å². The number of hydrogen-bond donors (Lipinski definition) is 5. The van der Waals surface area contributed by atoms with Crippen LogP contribution < -0.4 is 5.32 Å². The highest BCUT2D eigenvalue weighted by Crippen LogP contribution is 2.41. The summed E-state index contributed by atoms with van der Waals surface area (Å²) in [5.74, 6) is -2.34. The summed E-state index contributed by atoms with van der Waals surface area (Å²) in [5, 5.41) is 2.26.